The van der Waals surface area contributed by atoms with Gasteiger partial charge in [-0.25, -0.2) is 0 Å². The van der Waals surface area contributed by atoms with Crippen molar-refractivity contribution >= 4 is 64.2 Å². The Morgan fingerprint density at radius 3 is 2.38 bits per heavy atom. The van der Waals surface area contributed by atoms with E-state index in [1.165, 1.54) is 47.6 Å². The molecular weight excluding hydrogens is 534 g/mol. The van der Waals surface area contributed by atoms with Gasteiger partial charge in [-0.1, -0.05) is 91.0 Å². The molecule has 2 aliphatic rings. The average Bonchev–Trinajstić information content (AvgIpc) is 3.63. The maximum Gasteiger partial charge on any atom is 0.135 e. The molecule has 0 saturated carbocycles. The summed E-state index contributed by atoms with van der Waals surface area (Å²) in [6.07, 6.45) is 8.94. The van der Waals surface area contributed by atoms with E-state index in [-0.39, 0.29) is 18.5 Å². The predicted molar refractivity (Wildman–Crippen MR) is 176 cm³/mol. The molecule has 5 heteroatoms. The van der Waals surface area contributed by atoms with Crippen LogP contribution < -0.4 is 16.0 Å². The molecule has 0 amide bonds. The molecule has 3 heterocycles. The highest BCUT2D eigenvalue weighted by Gasteiger charge is 2.32. The summed E-state index contributed by atoms with van der Waals surface area (Å²) >= 11 is 1.89. The van der Waals surface area contributed by atoms with Gasteiger partial charge >= 0.3 is 0 Å². The van der Waals surface area contributed by atoms with Crippen LogP contribution in [0.4, 0.5) is 0 Å². The molecule has 0 spiro atoms. The first-order chi connectivity index (χ1) is 20.8. The molecule has 1 aliphatic heterocycles. The van der Waals surface area contributed by atoms with Crippen molar-refractivity contribution in [2.75, 3.05) is 0 Å². The first-order valence-corrected chi connectivity index (χ1v) is 15.5. The van der Waals surface area contributed by atoms with Gasteiger partial charge in [0.1, 0.15) is 11.2 Å². The quantitative estimate of drug-likeness (QED) is 0.201. The van der Waals surface area contributed by atoms with Gasteiger partial charge in [0.15, 0.2) is 0 Å². The van der Waals surface area contributed by atoms with Gasteiger partial charge in [0.2, 0.25) is 0 Å². The van der Waals surface area contributed by atoms with Crippen LogP contribution in [0.25, 0.3) is 52.9 Å². The first-order valence-electron chi connectivity index (χ1n) is 14.7. The Labute approximate surface area is 247 Å². The van der Waals surface area contributed by atoms with Crippen molar-refractivity contribution in [1.82, 2.24) is 16.0 Å². The van der Waals surface area contributed by atoms with Crippen LogP contribution >= 0.6 is 11.3 Å². The van der Waals surface area contributed by atoms with Crippen molar-refractivity contribution in [3.05, 3.63) is 132 Å². The van der Waals surface area contributed by atoms with Crippen LogP contribution in [0, 0.1) is 0 Å². The van der Waals surface area contributed by atoms with Crippen LogP contribution in [0.3, 0.4) is 0 Å². The molecule has 1 fully saturated rings. The fourth-order valence-corrected chi connectivity index (χ4v) is 8.05. The molecule has 3 N–H and O–H groups in total. The molecule has 1 aliphatic carbocycles. The monoisotopic (exact) mass is 563 g/mol. The van der Waals surface area contributed by atoms with Gasteiger partial charge in [0.25, 0.3) is 0 Å². The number of allylic oxidation sites excluding steroid dienone is 2. The molecule has 1 saturated heterocycles. The van der Waals surface area contributed by atoms with Crippen LogP contribution in [-0.2, 0) is 0 Å². The topological polar surface area (TPSA) is 49.2 Å². The van der Waals surface area contributed by atoms with E-state index in [4.69, 9.17) is 4.42 Å². The van der Waals surface area contributed by atoms with Crippen LogP contribution in [0.2, 0.25) is 0 Å². The number of hydrogen-bond acceptors (Lipinski definition) is 5. The van der Waals surface area contributed by atoms with Crippen molar-refractivity contribution in [2.45, 2.75) is 31.3 Å². The lowest BCUT2D eigenvalue weighted by atomic mass is 9.97. The summed E-state index contributed by atoms with van der Waals surface area (Å²) in [4.78, 5) is 0. The minimum Gasteiger partial charge on any atom is -0.456 e. The minimum atomic E-state index is -0.0806. The van der Waals surface area contributed by atoms with Crippen molar-refractivity contribution in [3.8, 4) is 0 Å². The van der Waals surface area contributed by atoms with Crippen molar-refractivity contribution in [3.63, 3.8) is 0 Å². The van der Waals surface area contributed by atoms with Crippen LogP contribution in [0.5, 0.6) is 0 Å². The maximum absolute atomic E-state index is 6.25. The number of hydrogen-bond donors (Lipinski definition) is 3. The van der Waals surface area contributed by atoms with Crippen molar-refractivity contribution in [1.29, 1.82) is 0 Å². The highest BCUT2D eigenvalue weighted by molar-refractivity contribution is 7.26. The lowest BCUT2D eigenvalue weighted by Gasteiger charge is -2.40. The smallest absolute Gasteiger partial charge is 0.135 e. The Bertz CT molecular complexity index is 2220. The van der Waals surface area contributed by atoms with Gasteiger partial charge in [0.05, 0.1) is 18.5 Å². The van der Waals surface area contributed by atoms with Gasteiger partial charge in [-0.05, 0) is 64.6 Å². The standard InChI is InChI=1S/C37H29N3OS/c1-2-9-22(10-3-1)35-38-36(40-37(39-35)29-13-8-15-31-33(29)28-12-4-6-14-30(28)41-31)24-18-19-25-23(21-24)17-20-27-26-11-5-7-16-32(26)42-34(25)27/h2,4-21,35-40H,1,3H2. The summed E-state index contributed by atoms with van der Waals surface area (Å²) in [5.74, 6) is 0. The second-order valence-corrected chi connectivity index (χ2v) is 12.4. The molecule has 2 aromatic heterocycles. The molecule has 9 rings (SSSR count). The summed E-state index contributed by atoms with van der Waals surface area (Å²) in [5.41, 5.74) is 5.54. The van der Waals surface area contributed by atoms with E-state index in [9.17, 15) is 0 Å². The summed E-state index contributed by atoms with van der Waals surface area (Å²) in [7, 11) is 0. The third-order valence-corrected chi connectivity index (χ3v) is 10.0. The zero-order valence-corrected chi connectivity index (χ0v) is 23.7. The average molecular weight is 564 g/mol. The summed E-state index contributed by atoms with van der Waals surface area (Å²) in [6, 6.07) is 34.9. The Hall–Kier alpha value is -4.26. The molecule has 0 radical (unpaired) electrons. The molecule has 0 bridgehead atoms. The minimum absolute atomic E-state index is 0.00648. The van der Waals surface area contributed by atoms with E-state index in [0.717, 1.165) is 34.8 Å². The van der Waals surface area contributed by atoms with Gasteiger partial charge < -0.3 is 4.42 Å². The molecule has 4 nitrogen and oxygen atoms in total. The van der Waals surface area contributed by atoms with E-state index in [1.54, 1.807) is 0 Å². The lowest BCUT2D eigenvalue weighted by Crippen LogP contribution is -2.59. The summed E-state index contributed by atoms with van der Waals surface area (Å²) in [6.45, 7) is 0. The maximum atomic E-state index is 6.25. The SMILES string of the molecule is C1=CC(C2NC(c3ccc4c(ccc5c6ccccc6sc45)c3)NC(c3cccc4oc5ccccc5c34)N2)=CCC1. The fourth-order valence-electron chi connectivity index (χ4n) is 6.81. The Kier molecular flexibility index (Phi) is 5.59. The van der Waals surface area contributed by atoms with E-state index < -0.39 is 0 Å². The third-order valence-electron chi connectivity index (χ3n) is 8.82. The zero-order valence-electron chi connectivity index (χ0n) is 22.9. The Balaban J connectivity index is 1.16. The fraction of sp³-hybridized carbons (Fsp3) is 0.135. The Morgan fingerprint density at radius 2 is 1.45 bits per heavy atom. The van der Waals surface area contributed by atoms with Crippen LogP contribution in [0.15, 0.2) is 125 Å². The molecule has 5 aromatic carbocycles. The molecule has 42 heavy (non-hydrogen) atoms. The molecule has 3 unspecified atom stereocenters. The van der Waals surface area contributed by atoms with E-state index in [2.05, 4.69) is 119 Å². The first kappa shape index (κ1) is 24.3. The Morgan fingerprint density at radius 1 is 0.643 bits per heavy atom. The van der Waals surface area contributed by atoms with Gasteiger partial charge in [-0.2, -0.15) is 0 Å². The van der Waals surface area contributed by atoms with Crippen molar-refractivity contribution < 1.29 is 4.42 Å². The van der Waals surface area contributed by atoms with Crippen molar-refractivity contribution in [2.24, 2.45) is 0 Å². The number of rotatable bonds is 3. The number of nitrogens with one attached hydrogen (secondary N) is 3. The predicted octanol–water partition coefficient (Wildman–Crippen LogP) is 9.19. The normalized spacial score (nSPS) is 21.1. The molecule has 7 aromatic rings. The van der Waals surface area contributed by atoms with Gasteiger partial charge in [-0.3, -0.25) is 16.0 Å². The molecule has 3 atom stereocenters. The number of fused-ring (bicyclic) bond motifs is 8. The number of thiophene rings is 1. The van der Waals surface area contributed by atoms with Crippen LogP contribution in [0.1, 0.15) is 36.3 Å². The zero-order chi connectivity index (χ0) is 27.6. The number of benzene rings is 5. The van der Waals surface area contributed by atoms with E-state index in [1.807, 2.05) is 23.5 Å². The largest absolute Gasteiger partial charge is 0.456 e. The molecular formula is C37H29N3OS. The lowest BCUT2D eigenvalue weighted by molar-refractivity contribution is 0.225. The number of para-hydroxylation sites is 1. The van der Waals surface area contributed by atoms with E-state index >= 15 is 0 Å². The second kappa shape index (κ2) is 9.65. The van der Waals surface area contributed by atoms with E-state index in [0.29, 0.717) is 0 Å². The highest BCUT2D eigenvalue weighted by atomic mass is 32.1. The third kappa shape index (κ3) is 3.86. The summed E-state index contributed by atoms with van der Waals surface area (Å²) < 4.78 is 8.95. The summed E-state index contributed by atoms with van der Waals surface area (Å²) in [5, 5.41) is 19.2. The van der Waals surface area contributed by atoms with Gasteiger partial charge in [0, 0.05) is 30.9 Å². The van der Waals surface area contributed by atoms with Gasteiger partial charge in [-0.15, -0.1) is 11.3 Å². The highest BCUT2D eigenvalue weighted by Crippen LogP contribution is 2.40. The second-order valence-electron chi connectivity index (χ2n) is 11.3. The number of furan rings is 1. The molecule has 204 valence electrons. The van der Waals surface area contributed by atoms with Crippen LogP contribution in [-0.4, -0.2) is 6.17 Å².